The molecule has 4 heteroatoms. The Hall–Kier alpha value is -2.49. The summed E-state index contributed by atoms with van der Waals surface area (Å²) in [5.74, 6) is 1.47. The zero-order valence-corrected chi connectivity index (χ0v) is 11.9. The van der Waals surface area contributed by atoms with Crippen LogP contribution in [0.25, 0.3) is 0 Å². The van der Waals surface area contributed by atoms with Crippen molar-refractivity contribution < 1.29 is 14.3 Å². The van der Waals surface area contributed by atoms with Crippen LogP contribution in [0.15, 0.2) is 48.5 Å². The van der Waals surface area contributed by atoms with Crippen LogP contribution in [0.5, 0.6) is 11.5 Å². The maximum absolute atomic E-state index is 12.3. The van der Waals surface area contributed by atoms with Crippen molar-refractivity contribution in [2.24, 2.45) is 0 Å². The van der Waals surface area contributed by atoms with Crippen molar-refractivity contribution in [2.45, 2.75) is 13.0 Å². The molecular formula is C17H17NO3. The number of carbonyl (C=O) groups is 1. The van der Waals surface area contributed by atoms with Crippen molar-refractivity contribution in [3.05, 3.63) is 59.7 Å². The predicted octanol–water partition coefficient (Wildman–Crippen LogP) is 2.62. The van der Waals surface area contributed by atoms with E-state index >= 15 is 0 Å². The molecule has 2 aromatic rings. The minimum Gasteiger partial charge on any atom is -0.454 e. The Morgan fingerprint density at radius 2 is 1.90 bits per heavy atom. The third kappa shape index (κ3) is 2.99. The number of para-hydroxylation sites is 1. The van der Waals surface area contributed by atoms with Crippen LogP contribution in [-0.2, 0) is 17.8 Å². The van der Waals surface area contributed by atoms with E-state index in [4.69, 9.17) is 9.47 Å². The molecule has 1 aliphatic heterocycles. The molecule has 0 bridgehead atoms. The SMILES string of the molecule is CN(Cc1ccccc1)C(=O)Cc1cccc2c1OCO2. The summed E-state index contributed by atoms with van der Waals surface area (Å²) in [6.07, 6.45) is 0.315. The average Bonchev–Trinajstić information content (AvgIpc) is 2.98. The van der Waals surface area contributed by atoms with Gasteiger partial charge in [0.2, 0.25) is 12.7 Å². The number of benzene rings is 2. The van der Waals surface area contributed by atoms with Crippen molar-refractivity contribution in [3.63, 3.8) is 0 Å². The van der Waals surface area contributed by atoms with Crippen LogP contribution in [-0.4, -0.2) is 24.6 Å². The highest BCUT2D eigenvalue weighted by Crippen LogP contribution is 2.35. The standard InChI is InChI=1S/C17H17NO3/c1-18(11-13-6-3-2-4-7-13)16(19)10-14-8-5-9-15-17(14)21-12-20-15/h2-9H,10-12H2,1H3. The predicted molar refractivity (Wildman–Crippen MR) is 79.2 cm³/mol. The molecule has 0 saturated carbocycles. The molecule has 0 radical (unpaired) electrons. The van der Waals surface area contributed by atoms with Gasteiger partial charge in [0.25, 0.3) is 0 Å². The molecule has 0 atom stereocenters. The van der Waals surface area contributed by atoms with Crippen molar-refractivity contribution in [1.82, 2.24) is 4.90 Å². The van der Waals surface area contributed by atoms with Gasteiger partial charge in [-0.05, 0) is 11.6 Å². The van der Waals surface area contributed by atoms with Gasteiger partial charge in [-0.25, -0.2) is 0 Å². The second-order valence-electron chi connectivity index (χ2n) is 5.06. The highest BCUT2D eigenvalue weighted by Gasteiger charge is 2.20. The summed E-state index contributed by atoms with van der Waals surface area (Å²) in [6, 6.07) is 15.6. The molecule has 2 aromatic carbocycles. The number of carbonyl (C=O) groups excluding carboxylic acids is 1. The quantitative estimate of drug-likeness (QED) is 0.866. The zero-order chi connectivity index (χ0) is 14.7. The third-order valence-corrected chi connectivity index (χ3v) is 3.51. The summed E-state index contributed by atoms with van der Waals surface area (Å²) in [7, 11) is 1.82. The van der Waals surface area contributed by atoms with E-state index in [1.807, 2.05) is 55.6 Å². The number of likely N-dealkylation sites (N-methyl/N-ethyl adjacent to an activating group) is 1. The minimum absolute atomic E-state index is 0.0581. The molecule has 0 aliphatic carbocycles. The molecule has 1 aliphatic rings. The zero-order valence-electron chi connectivity index (χ0n) is 11.9. The second-order valence-corrected chi connectivity index (χ2v) is 5.06. The van der Waals surface area contributed by atoms with Gasteiger partial charge in [-0.3, -0.25) is 4.79 Å². The van der Waals surface area contributed by atoms with Crippen molar-refractivity contribution >= 4 is 5.91 Å². The van der Waals surface area contributed by atoms with Crippen LogP contribution < -0.4 is 9.47 Å². The lowest BCUT2D eigenvalue weighted by Gasteiger charge is -2.17. The van der Waals surface area contributed by atoms with Crippen molar-refractivity contribution in [3.8, 4) is 11.5 Å². The third-order valence-electron chi connectivity index (χ3n) is 3.51. The molecule has 0 spiro atoms. The molecule has 0 fully saturated rings. The number of hydrogen-bond donors (Lipinski definition) is 0. The van der Waals surface area contributed by atoms with Crippen molar-refractivity contribution in [2.75, 3.05) is 13.8 Å². The molecular weight excluding hydrogens is 266 g/mol. The fraction of sp³-hybridized carbons (Fsp3) is 0.235. The summed E-state index contributed by atoms with van der Waals surface area (Å²) in [6.45, 7) is 0.826. The Morgan fingerprint density at radius 1 is 1.10 bits per heavy atom. The number of rotatable bonds is 4. The number of ether oxygens (including phenoxy) is 2. The highest BCUT2D eigenvalue weighted by atomic mass is 16.7. The maximum atomic E-state index is 12.3. The van der Waals surface area contributed by atoms with Gasteiger partial charge in [-0.2, -0.15) is 0 Å². The number of nitrogens with zero attached hydrogens (tertiary/aromatic N) is 1. The number of amides is 1. The van der Waals surface area contributed by atoms with Gasteiger partial charge >= 0.3 is 0 Å². The molecule has 0 N–H and O–H groups in total. The van der Waals surface area contributed by atoms with E-state index in [0.717, 1.165) is 11.1 Å². The molecule has 21 heavy (non-hydrogen) atoms. The van der Waals surface area contributed by atoms with Crippen LogP contribution in [0.1, 0.15) is 11.1 Å². The van der Waals surface area contributed by atoms with Gasteiger partial charge < -0.3 is 14.4 Å². The first-order chi connectivity index (χ1) is 10.2. The monoisotopic (exact) mass is 283 g/mol. The number of fused-ring (bicyclic) bond motifs is 1. The molecule has 1 amide bonds. The smallest absolute Gasteiger partial charge is 0.231 e. The van der Waals surface area contributed by atoms with E-state index in [-0.39, 0.29) is 12.7 Å². The normalized spacial score (nSPS) is 12.2. The van der Waals surface area contributed by atoms with Crippen LogP contribution in [0, 0.1) is 0 Å². The first-order valence-electron chi connectivity index (χ1n) is 6.89. The fourth-order valence-electron chi connectivity index (χ4n) is 2.37. The lowest BCUT2D eigenvalue weighted by atomic mass is 10.1. The summed E-state index contributed by atoms with van der Waals surface area (Å²) in [5.41, 5.74) is 1.99. The fourth-order valence-corrected chi connectivity index (χ4v) is 2.37. The molecule has 0 saturated heterocycles. The summed E-state index contributed by atoms with van der Waals surface area (Å²) in [4.78, 5) is 14.1. The van der Waals surface area contributed by atoms with Crippen LogP contribution in [0.4, 0.5) is 0 Å². The summed E-state index contributed by atoms with van der Waals surface area (Å²) in [5, 5.41) is 0. The van der Waals surface area contributed by atoms with E-state index < -0.39 is 0 Å². The van der Waals surface area contributed by atoms with Gasteiger partial charge in [0.05, 0.1) is 6.42 Å². The maximum Gasteiger partial charge on any atom is 0.231 e. The molecule has 108 valence electrons. The molecule has 0 unspecified atom stereocenters. The van der Waals surface area contributed by atoms with Gasteiger partial charge in [0.15, 0.2) is 11.5 Å². The van der Waals surface area contributed by atoms with Gasteiger partial charge in [-0.15, -0.1) is 0 Å². The van der Waals surface area contributed by atoms with E-state index in [2.05, 4.69) is 0 Å². The lowest BCUT2D eigenvalue weighted by Crippen LogP contribution is -2.27. The highest BCUT2D eigenvalue weighted by molar-refractivity contribution is 5.79. The molecule has 3 rings (SSSR count). The number of hydrogen-bond acceptors (Lipinski definition) is 3. The molecule has 4 nitrogen and oxygen atoms in total. The van der Waals surface area contributed by atoms with Crippen LogP contribution in [0.2, 0.25) is 0 Å². The Morgan fingerprint density at radius 3 is 2.71 bits per heavy atom. The average molecular weight is 283 g/mol. The Kier molecular flexibility index (Phi) is 3.77. The second kappa shape index (κ2) is 5.87. The molecule has 1 heterocycles. The largest absolute Gasteiger partial charge is 0.454 e. The van der Waals surface area contributed by atoms with Gasteiger partial charge in [-0.1, -0.05) is 42.5 Å². The Labute approximate surface area is 123 Å². The van der Waals surface area contributed by atoms with E-state index in [0.29, 0.717) is 24.5 Å². The topological polar surface area (TPSA) is 38.8 Å². The van der Waals surface area contributed by atoms with Crippen molar-refractivity contribution in [1.29, 1.82) is 0 Å². The van der Waals surface area contributed by atoms with E-state index in [9.17, 15) is 4.79 Å². The Bertz CT molecular complexity index is 640. The first kappa shape index (κ1) is 13.5. The molecule has 0 aromatic heterocycles. The summed E-state index contributed by atoms with van der Waals surface area (Å²) < 4.78 is 10.8. The van der Waals surface area contributed by atoms with E-state index in [1.165, 1.54) is 0 Å². The van der Waals surface area contributed by atoms with Gasteiger partial charge in [0.1, 0.15) is 0 Å². The minimum atomic E-state index is 0.0581. The first-order valence-corrected chi connectivity index (χ1v) is 6.89. The van der Waals surface area contributed by atoms with E-state index in [1.54, 1.807) is 4.90 Å². The van der Waals surface area contributed by atoms with Gasteiger partial charge in [0, 0.05) is 19.2 Å². The van der Waals surface area contributed by atoms with Crippen LogP contribution >= 0.6 is 0 Å². The summed E-state index contributed by atoms with van der Waals surface area (Å²) >= 11 is 0. The Balaban J connectivity index is 1.68. The lowest BCUT2D eigenvalue weighted by molar-refractivity contribution is -0.129. The van der Waals surface area contributed by atoms with Crippen LogP contribution in [0.3, 0.4) is 0 Å².